The van der Waals surface area contributed by atoms with Crippen LogP contribution < -0.4 is 5.73 Å². The van der Waals surface area contributed by atoms with E-state index in [0.29, 0.717) is 17.8 Å². The lowest BCUT2D eigenvalue weighted by molar-refractivity contribution is 0.175. The Morgan fingerprint density at radius 3 is 3.06 bits per heavy atom. The molecule has 2 aromatic rings. The number of nitrogen functional groups attached to an aromatic ring is 1. The maximum absolute atomic E-state index is 10.1. The molecule has 0 saturated heterocycles. The summed E-state index contributed by atoms with van der Waals surface area (Å²) in [6, 6.07) is 0. The van der Waals surface area contributed by atoms with Crippen molar-refractivity contribution in [1.29, 1.82) is 0 Å². The van der Waals surface area contributed by atoms with Gasteiger partial charge in [0, 0.05) is 30.9 Å². The van der Waals surface area contributed by atoms with E-state index in [-0.39, 0.29) is 0 Å². The lowest BCUT2D eigenvalue weighted by Gasteiger charge is -2.11. The highest BCUT2D eigenvalue weighted by atomic mass is 16.3. The summed E-state index contributed by atoms with van der Waals surface area (Å²) in [6.07, 6.45) is 6.02. The van der Waals surface area contributed by atoms with Crippen molar-refractivity contribution in [3.63, 3.8) is 0 Å². The van der Waals surface area contributed by atoms with Crippen LogP contribution in [0.3, 0.4) is 0 Å². The van der Waals surface area contributed by atoms with E-state index in [1.165, 1.54) is 0 Å². The van der Waals surface area contributed by atoms with Crippen molar-refractivity contribution in [2.75, 3.05) is 5.73 Å². The van der Waals surface area contributed by atoms with Crippen LogP contribution in [-0.2, 0) is 13.0 Å². The van der Waals surface area contributed by atoms with Crippen LogP contribution in [0.4, 0.5) is 5.82 Å². The van der Waals surface area contributed by atoms with E-state index >= 15 is 0 Å². The van der Waals surface area contributed by atoms with Crippen LogP contribution in [0.1, 0.15) is 30.8 Å². The lowest BCUT2D eigenvalue weighted by atomic mass is 10.1. The Balaban J connectivity index is 2.10. The number of nitrogens with two attached hydrogens (primary N) is 1. The van der Waals surface area contributed by atoms with E-state index in [4.69, 9.17) is 5.73 Å². The van der Waals surface area contributed by atoms with E-state index < -0.39 is 6.10 Å². The molecule has 17 heavy (non-hydrogen) atoms. The van der Waals surface area contributed by atoms with E-state index in [9.17, 15) is 5.11 Å². The molecule has 2 rings (SSSR count). The Morgan fingerprint density at radius 1 is 1.59 bits per heavy atom. The first-order chi connectivity index (χ1) is 8.22. The van der Waals surface area contributed by atoms with Gasteiger partial charge in [0.2, 0.25) is 0 Å². The minimum absolute atomic E-state index is 0.408. The van der Waals surface area contributed by atoms with Crippen LogP contribution in [0, 0.1) is 0 Å². The molecule has 0 amide bonds. The van der Waals surface area contributed by atoms with Gasteiger partial charge in [0.05, 0.1) is 12.3 Å². The number of rotatable bonds is 5. The molecule has 0 saturated carbocycles. The quantitative estimate of drug-likeness (QED) is 0.717. The third kappa shape index (κ3) is 2.47. The van der Waals surface area contributed by atoms with Gasteiger partial charge in [0.15, 0.2) is 0 Å². The van der Waals surface area contributed by atoms with E-state index in [0.717, 1.165) is 18.8 Å². The molecular weight excluding hydrogens is 218 g/mol. The number of aliphatic hydroxyl groups excluding tert-OH is 1. The van der Waals surface area contributed by atoms with Crippen molar-refractivity contribution in [2.24, 2.45) is 0 Å². The summed E-state index contributed by atoms with van der Waals surface area (Å²) in [6.45, 7) is 3.01. The number of hydrogen-bond donors (Lipinski definition) is 3. The Morgan fingerprint density at radius 2 is 2.41 bits per heavy atom. The molecule has 0 aromatic carbocycles. The minimum atomic E-state index is -0.674. The van der Waals surface area contributed by atoms with Crippen LogP contribution >= 0.6 is 0 Å². The summed E-state index contributed by atoms with van der Waals surface area (Å²) >= 11 is 0. The van der Waals surface area contributed by atoms with Gasteiger partial charge in [0.1, 0.15) is 11.6 Å². The van der Waals surface area contributed by atoms with E-state index in [2.05, 4.69) is 22.1 Å². The predicted molar refractivity (Wildman–Crippen MR) is 64.2 cm³/mol. The highest BCUT2D eigenvalue weighted by molar-refractivity contribution is 5.38. The van der Waals surface area contributed by atoms with Crippen LogP contribution in [0.15, 0.2) is 18.6 Å². The highest BCUT2D eigenvalue weighted by Crippen LogP contribution is 2.21. The minimum Gasteiger partial charge on any atom is -0.388 e. The fraction of sp³-hybridized carbons (Fsp3) is 0.455. The Bertz CT molecular complexity index is 476. The maximum atomic E-state index is 10.1. The van der Waals surface area contributed by atoms with E-state index in [1.807, 2.05) is 10.8 Å². The van der Waals surface area contributed by atoms with Gasteiger partial charge in [-0.1, -0.05) is 6.92 Å². The molecule has 1 unspecified atom stereocenters. The Hall–Kier alpha value is -1.82. The monoisotopic (exact) mass is 235 g/mol. The number of nitrogens with one attached hydrogen (secondary N) is 1. The van der Waals surface area contributed by atoms with Crippen LogP contribution in [0.5, 0.6) is 0 Å². The summed E-state index contributed by atoms with van der Waals surface area (Å²) in [4.78, 5) is 4.25. The van der Waals surface area contributed by atoms with Crippen LogP contribution in [0.25, 0.3) is 0 Å². The first kappa shape index (κ1) is 11.7. The topological polar surface area (TPSA) is 92.7 Å². The Kier molecular flexibility index (Phi) is 3.43. The van der Waals surface area contributed by atoms with Crippen LogP contribution in [0.2, 0.25) is 0 Å². The van der Waals surface area contributed by atoms with Crippen molar-refractivity contribution >= 4 is 5.82 Å². The van der Waals surface area contributed by atoms with Gasteiger partial charge in [-0.05, 0) is 6.42 Å². The van der Waals surface area contributed by atoms with Gasteiger partial charge in [-0.3, -0.25) is 5.10 Å². The number of aromatic amines is 1. The summed E-state index contributed by atoms with van der Waals surface area (Å²) < 4.78 is 2.04. The fourth-order valence-corrected chi connectivity index (χ4v) is 1.83. The molecule has 0 fully saturated rings. The molecule has 2 heterocycles. The molecular formula is C11H17N5O. The predicted octanol–water partition coefficient (Wildman–Crippen LogP) is 0.874. The summed E-state index contributed by atoms with van der Waals surface area (Å²) in [5.74, 6) is 1.27. The molecule has 0 aliphatic carbocycles. The molecule has 6 heteroatoms. The molecule has 92 valence electrons. The first-order valence-corrected chi connectivity index (χ1v) is 5.69. The van der Waals surface area contributed by atoms with Gasteiger partial charge in [-0.2, -0.15) is 5.10 Å². The number of aliphatic hydroxyl groups is 1. The van der Waals surface area contributed by atoms with E-state index in [1.54, 1.807) is 12.4 Å². The van der Waals surface area contributed by atoms with Crippen molar-refractivity contribution in [1.82, 2.24) is 19.7 Å². The molecule has 0 aliphatic rings. The Labute approximate surface area is 99.5 Å². The van der Waals surface area contributed by atoms with Crippen molar-refractivity contribution in [3.8, 4) is 0 Å². The number of imidazole rings is 1. The van der Waals surface area contributed by atoms with Crippen molar-refractivity contribution < 1.29 is 5.11 Å². The highest BCUT2D eigenvalue weighted by Gasteiger charge is 2.16. The zero-order valence-corrected chi connectivity index (χ0v) is 9.80. The van der Waals surface area contributed by atoms with Crippen LogP contribution in [-0.4, -0.2) is 24.9 Å². The number of anilines is 1. The fourth-order valence-electron chi connectivity index (χ4n) is 1.83. The lowest BCUT2D eigenvalue weighted by Crippen LogP contribution is -2.09. The SMILES string of the molecule is CCCn1ccnc1CC(O)c1cn[nH]c1N. The molecule has 4 N–H and O–H groups in total. The molecule has 1 atom stereocenters. The number of H-pyrrole nitrogens is 1. The molecule has 6 nitrogen and oxygen atoms in total. The standard InChI is InChI=1S/C11H17N5O/c1-2-4-16-5-3-13-10(16)6-9(17)8-7-14-15-11(8)12/h3,5,7,9,17H,2,4,6H2,1H3,(H3,12,14,15). The molecule has 0 bridgehead atoms. The van der Waals surface area contributed by atoms with Gasteiger partial charge >= 0.3 is 0 Å². The molecule has 2 aromatic heterocycles. The van der Waals surface area contributed by atoms with Gasteiger partial charge < -0.3 is 15.4 Å². The summed E-state index contributed by atoms with van der Waals surface area (Å²) in [7, 11) is 0. The van der Waals surface area contributed by atoms with Crippen molar-refractivity contribution in [3.05, 3.63) is 30.0 Å². The third-order valence-corrected chi connectivity index (χ3v) is 2.70. The smallest absolute Gasteiger partial charge is 0.124 e. The average molecular weight is 235 g/mol. The van der Waals surface area contributed by atoms with Gasteiger partial charge in [-0.15, -0.1) is 0 Å². The zero-order valence-electron chi connectivity index (χ0n) is 9.80. The molecule has 0 spiro atoms. The second kappa shape index (κ2) is 5.01. The summed E-state index contributed by atoms with van der Waals surface area (Å²) in [5.41, 5.74) is 6.28. The van der Waals surface area contributed by atoms with Gasteiger partial charge in [0.25, 0.3) is 0 Å². The third-order valence-electron chi connectivity index (χ3n) is 2.70. The first-order valence-electron chi connectivity index (χ1n) is 5.69. The zero-order chi connectivity index (χ0) is 12.3. The number of aryl methyl sites for hydroxylation is 1. The summed E-state index contributed by atoms with van der Waals surface area (Å²) in [5, 5.41) is 16.5. The van der Waals surface area contributed by atoms with Gasteiger partial charge in [-0.25, -0.2) is 4.98 Å². The number of aromatic nitrogens is 4. The molecule has 0 aliphatic heterocycles. The average Bonchev–Trinajstić information content (AvgIpc) is 2.89. The number of nitrogens with zero attached hydrogens (tertiary/aromatic N) is 3. The largest absolute Gasteiger partial charge is 0.388 e. The number of hydrogen-bond acceptors (Lipinski definition) is 4. The maximum Gasteiger partial charge on any atom is 0.124 e. The normalized spacial score (nSPS) is 12.8. The second-order valence-electron chi connectivity index (χ2n) is 4.00. The second-order valence-corrected chi connectivity index (χ2v) is 4.00. The molecule has 0 radical (unpaired) electrons. The van der Waals surface area contributed by atoms with Crippen molar-refractivity contribution in [2.45, 2.75) is 32.4 Å².